The summed E-state index contributed by atoms with van der Waals surface area (Å²) in [5, 5.41) is 0. The zero-order chi connectivity index (χ0) is 16.5. The Morgan fingerprint density at radius 1 is 1.04 bits per heavy atom. The van der Waals surface area contributed by atoms with Crippen molar-refractivity contribution >= 4 is 17.4 Å². The highest BCUT2D eigenvalue weighted by molar-refractivity contribution is 5.95. The van der Waals surface area contributed by atoms with E-state index >= 15 is 0 Å². The predicted octanol–water partition coefficient (Wildman–Crippen LogP) is 1.94. The minimum Gasteiger partial charge on any atom is -0.344 e. The molecule has 1 amide bonds. The molecule has 2 aliphatic rings. The molecule has 124 valence electrons. The number of amides is 1. The van der Waals surface area contributed by atoms with Gasteiger partial charge in [0.25, 0.3) is 0 Å². The number of nitrogens with two attached hydrogens (primary N) is 1. The fourth-order valence-electron chi connectivity index (χ4n) is 3.53. The predicted molar refractivity (Wildman–Crippen MR) is 93.8 cm³/mol. The molecule has 0 saturated carbocycles. The quantitative estimate of drug-likeness (QED) is 0.934. The third-order valence-corrected chi connectivity index (χ3v) is 4.78. The second-order valence-corrected chi connectivity index (χ2v) is 6.34. The fourth-order valence-corrected chi connectivity index (χ4v) is 3.53. The van der Waals surface area contributed by atoms with Crippen molar-refractivity contribution < 1.29 is 4.79 Å². The molecular weight excluding hydrogens is 302 g/mol. The van der Waals surface area contributed by atoms with E-state index in [4.69, 9.17) is 5.73 Å². The summed E-state index contributed by atoms with van der Waals surface area (Å²) in [6.07, 6.45) is 9.11. The van der Waals surface area contributed by atoms with Crippen LogP contribution in [-0.2, 0) is 11.2 Å². The highest BCUT2D eigenvalue weighted by Crippen LogP contribution is 2.30. The second kappa shape index (κ2) is 6.20. The molecule has 2 aliphatic heterocycles. The highest BCUT2D eigenvalue weighted by atomic mass is 16.2. The van der Waals surface area contributed by atoms with Crippen LogP contribution in [0.5, 0.6) is 0 Å². The fraction of sp³-hybridized carbons (Fsp3) is 0.389. The van der Waals surface area contributed by atoms with Gasteiger partial charge in [0.1, 0.15) is 5.82 Å². The van der Waals surface area contributed by atoms with Gasteiger partial charge in [0, 0.05) is 43.0 Å². The zero-order valence-electron chi connectivity index (χ0n) is 13.6. The molecule has 6 nitrogen and oxygen atoms in total. The van der Waals surface area contributed by atoms with Crippen LogP contribution >= 0.6 is 0 Å². The van der Waals surface area contributed by atoms with Crippen LogP contribution in [0.4, 0.5) is 11.5 Å². The summed E-state index contributed by atoms with van der Waals surface area (Å²) < 4.78 is 0. The number of carbonyl (C=O) groups excluding carboxylic acids is 1. The summed E-state index contributed by atoms with van der Waals surface area (Å²) in [7, 11) is 0. The minimum absolute atomic E-state index is 0.177. The van der Waals surface area contributed by atoms with E-state index in [0.29, 0.717) is 13.1 Å². The number of aryl methyl sites for hydroxylation is 1. The maximum Gasteiger partial charge on any atom is 0.227 e. The molecule has 2 N–H and O–H groups in total. The number of hydrogen-bond donors (Lipinski definition) is 1. The molecule has 2 aromatic rings. The lowest BCUT2D eigenvalue weighted by atomic mass is 10.0. The lowest BCUT2D eigenvalue weighted by Crippen LogP contribution is -2.35. The lowest BCUT2D eigenvalue weighted by molar-refractivity contribution is -0.117. The maximum atomic E-state index is 12.0. The molecule has 6 heteroatoms. The van der Waals surface area contributed by atoms with Crippen molar-refractivity contribution in [2.24, 2.45) is 5.73 Å². The molecule has 2 aromatic heterocycles. The summed E-state index contributed by atoms with van der Waals surface area (Å²) >= 11 is 0. The molecule has 0 aromatic carbocycles. The number of hydrogen-bond acceptors (Lipinski definition) is 5. The van der Waals surface area contributed by atoms with E-state index in [0.717, 1.165) is 55.0 Å². The Balaban J connectivity index is 1.68. The number of aromatic nitrogens is 2. The number of carbonyl (C=O) groups is 1. The molecule has 24 heavy (non-hydrogen) atoms. The van der Waals surface area contributed by atoms with Gasteiger partial charge in [-0.05, 0) is 37.0 Å². The number of nitrogens with zero attached hydrogens (tertiary/aromatic N) is 4. The van der Waals surface area contributed by atoms with Crippen LogP contribution in [-0.4, -0.2) is 35.6 Å². The van der Waals surface area contributed by atoms with Crippen molar-refractivity contribution in [3.8, 4) is 11.1 Å². The Bertz CT molecular complexity index is 776. The first-order valence-electron chi connectivity index (χ1n) is 8.46. The summed E-state index contributed by atoms with van der Waals surface area (Å²) in [4.78, 5) is 24.8. The monoisotopic (exact) mass is 323 g/mol. The van der Waals surface area contributed by atoms with Crippen LogP contribution in [0, 0.1) is 0 Å². The number of rotatable bonds is 3. The van der Waals surface area contributed by atoms with Crippen LogP contribution < -0.4 is 15.5 Å². The van der Waals surface area contributed by atoms with Crippen LogP contribution in [0.1, 0.15) is 24.8 Å². The van der Waals surface area contributed by atoms with E-state index in [-0.39, 0.29) is 5.91 Å². The van der Waals surface area contributed by atoms with Crippen molar-refractivity contribution in [3.05, 3.63) is 36.3 Å². The highest BCUT2D eigenvalue weighted by Gasteiger charge is 2.22. The first-order valence-corrected chi connectivity index (χ1v) is 8.46. The normalized spacial score (nSPS) is 17.3. The Labute approximate surface area is 141 Å². The van der Waals surface area contributed by atoms with Gasteiger partial charge in [0.2, 0.25) is 5.91 Å². The zero-order valence-corrected chi connectivity index (χ0v) is 13.6. The third-order valence-electron chi connectivity index (χ3n) is 4.78. The van der Waals surface area contributed by atoms with E-state index in [9.17, 15) is 4.79 Å². The third kappa shape index (κ3) is 2.63. The van der Waals surface area contributed by atoms with Crippen molar-refractivity contribution in [2.75, 3.05) is 29.6 Å². The Hall–Kier alpha value is -2.47. The van der Waals surface area contributed by atoms with Gasteiger partial charge in [0.15, 0.2) is 0 Å². The molecule has 4 rings (SSSR count). The van der Waals surface area contributed by atoms with E-state index in [1.165, 1.54) is 5.56 Å². The summed E-state index contributed by atoms with van der Waals surface area (Å²) in [6, 6.07) is 4.21. The average molecular weight is 323 g/mol. The molecule has 0 radical (unpaired) electrons. The Morgan fingerprint density at radius 3 is 2.67 bits per heavy atom. The van der Waals surface area contributed by atoms with Crippen molar-refractivity contribution in [3.63, 3.8) is 0 Å². The molecule has 0 aliphatic carbocycles. The van der Waals surface area contributed by atoms with E-state index in [1.54, 1.807) is 6.20 Å². The standard InChI is InChI=1S/C18H21N5O/c19-12-22-5-1-3-13-7-14(10-21-18(13)22)15-8-16(11-20-9-15)23-6-2-4-17(23)24/h7-11H,1-6,12,19H2. The molecular formula is C18H21N5O. The maximum absolute atomic E-state index is 12.0. The van der Waals surface area contributed by atoms with Crippen molar-refractivity contribution in [1.29, 1.82) is 0 Å². The number of fused-ring (bicyclic) bond motifs is 1. The van der Waals surface area contributed by atoms with Gasteiger partial charge in [0.05, 0.1) is 18.6 Å². The SMILES string of the molecule is NCN1CCCc2cc(-c3cncc(N4CCCC4=O)c3)cnc21. The lowest BCUT2D eigenvalue weighted by Gasteiger charge is -2.28. The summed E-state index contributed by atoms with van der Waals surface area (Å²) in [5.74, 6) is 1.17. The van der Waals surface area contributed by atoms with Crippen molar-refractivity contribution in [1.82, 2.24) is 9.97 Å². The molecule has 1 saturated heterocycles. The molecule has 4 heterocycles. The van der Waals surface area contributed by atoms with Gasteiger partial charge < -0.3 is 15.5 Å². The summed E-state index contributed by atoms with van der Waals surface area (Å²) in [6.45, 7) is 2.23. The van der Waals surface area contributed by atoms with Crippen LogP contribution in [0.25, 0.3) is 11.1 Å². The van der Waals surface area contributed by atoms with Crippen LogP contribution in [0.15, 0.2) is 30.7 Å². The average Bonchev–Trinajstić information content (AvgIpc) is 3.07. The smallest absolute Gasteiger partial charge is 0.227 e. The van der Waals surface area contributed by atoms with Crippen LogP contribution in [0.2, 0.25) is 0 Å². The van der Waals surface area contributed by atoms with E-state index < -0.39 is 0 Å². The molecule has 0 unspecified atom stereocenters. The van der Waals surface area contributed by atoms with Crippen LogP contribution in [0.3, 0.4) is 0 Å². The van der Waals surface area contributed by atoms with Crippen molar-refractivity contribution in [2.45, 2.75) is 25.7 Å². The van der Waals surface area contributed by atoms with Gasteiger partial charge >= 0.3 is 0 Å². The van der Waals surface area contributed by atoms with Gasteiger partial charge in [-0.25, -0.2) is 4.98 Å². The molecule has 0 atom stereocenters. The Kier molecular flexibility index (Phi) is 3.90. The molecule has 0 spiro atoms. The van der Waals surface area contributed by atoms with Gasteiger partial charge in [-0.3, -0.25) is 9.78 Å². The van der Waals surface area contributed by atoms with Gasteiger partial charge in [-0.2, -0.15) is 0 Å². The molecule has 1 fully saturated rings. The number of anilines is 2. The first kappa shape index (κ1) is 15.1. The second-order valence-electron chi connectivity index (χ2n) is 6.34. The van der Waals surface area contributed by atoms with E-state index in [2.05, 4.69) is 20.9 Å². The van der Waals surface area contributed by atoms with Gasteiger partial charge in [-0.15, -0.1) is 0 Å². The number of pyridine rings is 2. The molecule has 0 bridgehead atoms. The summed E-state index contributed by atoms with van der Waals surface area (Å²) in [5.41, 5.74) is 9.94. The van der Waals surface area contributed by atoms with Gasteiger partial charge in [-0.1, -0.05) is 0 Å². The minimum atomic E-state index is 0.177. The largest absolute Gasteiger partial charge is 0.344 e. The first-order chi connectivity index (χ1) is 11.8. The Morgan fingerprint density at radius 2 is 1.88 bits per heavy atom. The van der Waals surface area contributed by atoms with E-state index in [1.807, 2.05) is 23.4 Å². The topological polar surface area (TPSA) is 75.3 Å².